The van der Waals surface area contributed by atoms with E-state index in [1.54, 1.807) is 18.7 Å². The smallest absolute Gasteiger partial charge is 0.240 e. The van der Waals surface area contributed by atoms with E-state index in [1.165, 1.54) is 11.1 Å². The summed E-state index contributed by atoms with van der Waals surface area (Å²) in [7, 11) is 0. The number of aromatic nitrogens is 2. The van der Waals surface area contributed by atoms with E-state index in [0.29, 0.717) is 11.7 Å². The molecular weight excluding hydrogens is 310 g/mol. The number of rotatable bonds is 2. The summed E-state index contributed by atoms with van der Waals surface area (Å²) in [5.41, 5.74) is 2.47. The van der Waals surface area contributed by atoms with Gasteiger partial charge in [-0.1, -0.05) is 29.4 Å². The van der Waals surface area contributed by atoms with Crippen molar-refractivity contribution in [2.75, 3.05) is 12.3 Å². The molecule has 0 N–H and O–H groups in total. The highest BCUT2D eigenvalue weighted by Gasteiger charge is 2.38. The Morgan fingerprint density at radius 3 is 3.09 bits per heavy atom. The molecule has 0 spiro atoms. The average Bonchev–Trinajstić information content (AvgIpc) is 3.22. The Labute approximate surface area is 139 Å². The minimum atomic E-state index is -0.103. The van der Waals surface area contributed by atoms with Crippen LogP contribution in [0.4, 0.5) is 0 Å². The number of carbonyl (C=O) groups is 1. The van der Waals surface area contributed by atoms with E-state index in [4.69, 9.17) is 4.52 Å². The molecule has 1 saturated heterocycles. The number of nitrogens with zero attached hydrogens (tertiary/aromatic N) is 3. The van der Waals surface area contributed by atoms with Crippen LogP contribution in [-0.4, -0.2) is 33.2 Å². The lowest BCUT2D eigenvalue weighted by molar-refractivity contribution is -0.131. The van der Waals surface area contributed by atoms with Gasteiger partial charge in [0.25, 0.3) is 0 Å². The Hall–Kier alpha value is -1.82. The number of hydrogen-bond acceptors (Lipinski definition) is 5. The van der Waals surface area contributed by atoms with Gasteiger partial charge in [-0.15, -0.1) is 11.8 Å². The molecule has 23 heavy (non-hydrogen) atoms. The summed E-state index contributed by atoms with van der Waals surface area (Å²) in [6.07, 6.45) is 2.94. The number of likely N-dealkylation sites (tertiary alicyclic amines) is 1. The van der Waals surface area contributed by atoms with Crippen molar-refractivity contribution in [2.24, 2.45) is 0 Å². The van der Waals surface area contributed by atoms with Crippen molar-refractivity contribution in [3.63, 3.8) is 0 Å². The summed E-state index contributed by atoms with van der Waals surface area (Å²) < 4.78 is 5.10. The van der Waals surface area contributed by atoms with Gasteiger partial charge in [-0.25, -0.2) is 0 Å². The first-order valence-corrected chi connectivity index (χ1v) is 9.09. The summed E-state index contributed by atoms with van der Waals surface area (Å²) >= 11 is 1.75. The second-order valence-corrected chi connectivity index (χ2v) is 7.27. The van der Waals surface area contributed by atoms with E-state index < -0.39 is 0 Å². The van der Waals surface area contributed by atoms with Gasteiger partial charge >= 0.3 is 0 Å². The van der Waals surface area contributed by atoms with Crippen LogP contribution >= 0.6 is 11.8 Å². The number of fused-ring (bicyclic) bond motifs is 1. The Morgan fingerprint density at radius 1 is 1.39 bits per heavy atom. The first-order valence-electron chi connectivity index (χ1n) is 8.04. The molecule has 4 rings (SSSR count). The number of thioether (sulfide) groups is 1. The summed E-state index contributed by atoms with van der Waals surface area (Å²) in [5.74, 6) is 2.37. The van der Waals surface area contributed by atoms with Crippen molar-refractivity contribution < 1.29 is 9.32 Å². The number of hydrogen-bond donors (Lipinski definition) is 0. The monoisotopic (exact) mass is 329 g/mol. The third-order valence-electron chi connectivity index (χ3n) is 4.59. The van der Waals surface area contributed by atoms with Crippen molar-refractivity contribution in [1.29, 1.82) is 0 Å². The molecule has 120 valence electrons. The second kappa shape index (κ2) is 6.00. The zero-order valence-electron chi connectivity index (χ0n) is 13.1. The summed E-state index contributed by atoms with van der Waals surface area (Å²) in [4.78, 5) is 19.5. The van der Waals surface area contributed by atoms with Crippen LogP contribution in [0, 0.1) is 6.92 Å². The quantitative estimate of drug-likeness (QED) is 0.847. The first kappa shape index (κ1) is 14.8. The lowest BCUT2D eigenvalue weighted by Crippen LogP contribution is -2.35. The van der Waals surface area contributed by atoms with Crippen molar-refractivity contribution in [3.8, 4) is 0 Å². The van der Waals surface area contributed by atoms with Crippen LogP contribution in [0.2, 0.25) is 0 Å². The van der Waals surface area contributed by atoms with Crippen molar-refractivity contribution in [2.45, 2.75) is 37.5 Å². The largest absolute Gasteiger partial charge is 0.340 e. The molecule has 2 atom stereocenters. The molecule has 6 heteroatoms. The van der Waals surface area contributed by atoms with Gasteiger partial charge in [0, 0.05) is 13.5 Å². The fraction of sp³-hybridized carbons (Fsp3) is 0.471. The van der Waals surface area contributed by atoms with Gasteiger partial charge in [0.1, 0.15) is 5.25 Å². The molecule has 0 saturated carbocycles. The predicted molar refractivity (Wildman–Crippen MR) is 88.1 cm³/mol. The van der Waals surface area contributed by atoms with Crippen LogP contribution in [0.3, 0.4) is 0 Å². The topological polar surface area (TPSA) is 59.2 Å². The van der Waals surface area contributed by atoms with E-state index in [0.717, 1.165) is 31.6 Å². The average molecular weight is 329 g/mol. The maximum absolute atomic E-state index is 13.2. The van der Waals surface area contributed by atoms with Crippen LogP contribution in [0.15, 0.2) is 28.8 Å². The standard InChI is InChI=1S/C17H19N3O2S/c1-11-18-16(19-22-11)14-7-4-9-20(14)17(21)15-13-6-3-2-5-12(13)8-10-23-15/h2-3,5-6,14-15H,4,7-10H2,1H3. The molecule has 0 bridgehead atoms. The molecular formula is C17H19N3O2S. The van der Waals surface area contributed by atoms with E-state index in [1.807, 2.05) is 11.0 Å². The summed E-state index contributed by atoms with van der Waals surface area (Å²) in [6.45, 7) is 2.56. The number of carbonyl (C=O) groups excluding carboxylic acids is 1. The normalized spacial score (nSPS) is 23.8. The Balaban J connectivity index is 1.62. The third kappa shape index (κ3) is 2.65. The third-order valence-corrected chi connectivity index (χ3v) is 5.82. The van der Waals surface area contributed by atoms with Crippen LogP contribution in [0.5, 0.6) is 0 Å². The molecule has 0 aliphatic carbocycles. The van der Waals surface area contributed by atoms with E-state index in [9.17, 15) is 4.79 Å². The molecule has 5 nitrogen and oxygen atoms in total. The molecule has 1 fully saturated rings. The molecule has 3 heterocycles. The highest BCUT2D eigenvalue weighted by Crippen LogP contribution is 2.41. The SMILES string of the molecule is Cc1nc(C2CCCN2C(=O)C2SCCc3ccccc32)no1. The molecule has 2 aliphatic rings. The van der Waals surface area contributed by atoms with Gasteiger partial charge in [-0.05, 0) is 36.1 Å². The molecule has 2 unspecified atom stereocenters. The predicted octanol–water partition coefficient (Wildman–Crippen LogP) is 3.07. The van der Waals surface area contributed by atoms with Crippen LogP contribution in [-0.2, 0) is 11.2 Å². The van der Waals surface area contributed by atoms with Crippen molar-refractivity contribution in [3.05, 3.63) is 47.1 Å². The van der Waals surface area contributed by atoms with Gasteiger partial charge in [-0.3, -0.25) is 4.79 Å². The maximum atomic E-state index is 13.2. The fourth-order valence-corrected chi connectivity index (χ4v) is 4.76. The minimum absolute atomic E-state index is 0.0466. The molecule has 1 aromatic heterocycles. The van der Waals surface area contributed by atoms with Gasteiger partial charge in [0.05, 0.1) is 6.04 Å². The lowest BCUT2D eigenvalue weighted by Gasteiger charge is -2.30. The van der Waals surface area contributed by atoms with Gasteiger partial charge < -0.3 is 9.42 Å². The zero-order chi connectivity index (χ0) is 15.8. The highest BCUT2D eigenvalue weighted by molar-refractivity contribution is 8.00. The van der Waals surface area contributed by atoms with E-state index >= 15 is 0 Å². The van der Waals surface area contributed by atoms with E-state index in [-0.39, 0.29) is 17.2 Å². The van der Waals surface area contributed by atoms with Gasteiger partial charge in [0.15, 0.2) is 5.82 Å². The van der Waals surface area contributed by atoms with Crippen LogP contribution in [0.1, 0.15) is 47.0 Å². The Kier molecular flexibility index (Phi) is 3.85. The summed E-state index contributed by atoms with van der Waals surface area (Å²) in [5, 5.41) is 3.93. The van der Waals surface area contributed by atoms with E-state index in [2.05, 4.69) is 28.3 Å². The number of aryl methyl sites for hydroxylation is 2. The molecule has 1 aromatic carbocycles. The molecule has 1 amide bonds. The second-order valence-electron chi connectivity index (χ2n) is 6.06. The minimum Gasteiger partial charge on any atom is -0.340 e. The van der Waals surface area contributed by atoms with Crippen molar-refractivity contribution in [1.82, 2.24) is 15.0 Å². The highest BCUT2D eigenvalue weighted by atomic mass is 32.2. The van der Waals surface area contributed by atoms with Crippen LogP contribution < -0.4 is 0 Å². The van der Waals surface area contributed by atoms with Crippen molar-refractivity contribution >= 4 is 17.7 Å². The van der Waals surface area contributed by atoms with Gasteiger partial charge in [-0.2, -0.15) is 4.98 Å². The Morgan fingerprint density at radius 2 is 2.26 bits per heavy atom. The number of amides is 1. The molecule has 2 aromatic rings. The van der Waals surface area contributed by atoms with Crippen LogP contribution in [0.25, 0.3) is 0 Å². The molecule has 2 aliphatic heterocycles. The first-order chi connectivity index (χ1) is 11.2. The lowest BCUT2D eigenvalue weighted by atomic mass is 10.0. The Bertz CT molecular complexity index is 730. The summed E-state index contributed by atoms with van der Waals surface area (Å²) in [6, 6.07) is 8.26. The fourth-order valence-electron chi connectivity index (χ4n) is 3.50. The van der Waals surface area contributed by atoms with Gasteiger partial charge in [0.2, 0.25) is 11.8 Å². The maximum Gasteiger partial charge on any atom is 0.240 e. The zero-order valence-corrected chi connectivity index (χ0v) is 13.9. The number of benzene rings is 1. The molecule has 0 radical (unpaired) electrons.